The van der Waals surface area contributed by atoms with Crippen molar-refractivity contribution in [1.29, 1.82) is 0 Å². The van der Waals surface area contributed by atoms with E-state index in [9.17, 15) is 14.7 Å². The molecule has 2 heterocycles. The van der Waals surface area contributed by atoms with E-state index in [4.69, 9.17) is 4.74 Å². The van der Waals surface area contributed by atoms with Crippen molar-refractivity contribution in [3.63, 3.8) is 0 Å². The van der Waals surface area contributed by atoms with Gasteiger partial charge < -0.3 is 20.1 Å². The lowest BCUT2D eigenvalue weighted by molar-refractivity contribution is -0.163. The summed E-state index contributed by atoms with van der Waals surface area (Å²) in [6.45, 7) is 4.17. The Morgan fingerprint density at radius 2 is 2.32 bits per heavy atom. The smallest absolute Gasteiger partial charge is 0.329 e. The highest BCUT2D eigenvalue weighted by Gasteiger charge is 2.50. The first-order valence-corrected chi connectivity index (χ1v) is 6.99. The van der Waals surface area contributed by atoms with Crippen molar-refractivity contribution in [2.75, 3.05) is 26.2 Å². The second-order valence-corrected chi connectivity index (χ2v) is 5.24. The Morgan fingerprint density at radius 3 is 2.89 bits per heavy atom. The predicted octanol–water partition coefficient (Wildman–Crippen LogP) is 0.221. The van der Waals surface area contributed by atoms with E-state index in [1.54, 1.807) is 0 Å². The van der Waals surface area contributed by atoms with E-state index in [1.807, 2.05) is 6.92 Å². The van der Waals surface area contributed by atoms with Gasteiger partial charge >= 0.3 is 5.97 Å². The van der Waals surface area contributed by atoms with Crippen LogP contribution in [-0.4, -0.2) is 59.8 Å². The molecule has 0 radical (unpaired) electrons. The number of morpholine rings is 1. The van der Waals surface area contributed by atoms with Crippen molar-refractivity contribution in [2.45, 2.75) is 44.2 Å². The normalized spacial score (nSPS) is 31.4. The summed E-state index contributed by atoms with van der Waals surface area (Å²) >= 11 is 0. The number of likely N-dealkylation sites (tertiary alicyclic amines) is 1. The molecule has 0 aromatic heterocycles. The number of nitrogens with zero attached hydrogens (tertiary/aromatic N) is 1. The summed E-state index contributed by atoms with van der Waals surface area (Å²) in [5, 5.41) is 12.7. The maximum Gasteiger partial charge on any atom is 0.329 e. The summed E-state index contributed by atoms with van der Waals surface area (Å²) in [6.07, 6.45) is 2.01. The number of carboxylic acid groups (broad SMARTS) is 1. The van der Waals surface area contributed by atoms with Gasteiger partial charge in [0.15, 0.2) is 0 Å². The highest BCUT2D eigenvalue weighted by molar-refractivity contribution is 5.90. The van der Waals surface area contributed by atoms with Crippen LogP contribution in [0.4, 0.5) is 0 Å². The zero-order chi connectivity index (χ0) is 13.9. The minimum absolute atomic E-state index is 0.180. The van der Waals surface area contributed by atoms with Crippen molar-refractivity contribution in [3.05, 3.63) is 0 Å². The Labute approximate surface area is 113 Å². The van der Waals surface area contributed by atoms with Gasteiger partial charge in [0.1, 0.15) is 11.6 Å². The van der Waals surface area contributed by atoms with E-state index in [1.165, 1.54) is 4.90 Å². The third-order valence-corrected chi connectivity index (χ3v) is 4.02. The van der Waals surface area contributed by atoms with Crippen LogP contribution in [0.3, 0.4) is 0 Å². The van der Waals surface area contributed by atoms with Crippen molar-refractivity contribution in [3.8, 4) is 0 Å². The lowest BCUT2D eigenvalue weighted by Crippen LogP contribution is -2.58. The monoisotopic (exact) mass is 270 g/mol. The molecule has 0 aromatic rings. The molecular weight excluding hydrogens is 248 g/mol. The molecule has 2 aliphatic rings. The van der Waals surface area contributed by atoms with Crippen LogP contribution in [0.1, 0.15) is 32.6 Å². The lowest BCUT2D eigenvalue weighted by atomic mass is 9.90. The van der Waals surface area contributed by atoms with Gasteiger partial charge in [0.05, 0.1) is 6.61 Å². The van der Waals surface area contributed by atoms with E-state index < -0.39 is 17.6 Å². The minimum Gasteiger partial charge on any atom is -0.479 e. The molecule has 19 heavy (non-hydrogen) atoms. The molecule has 2 atom stereocenters. The number of carbonyl (C=O) groups excluding carboxylic acids is 1. The van der Waals surface area contributed by atoms with Gasteiger partial charge in [0.2, 0.25) is 0 Å². The van der Waals surface area contributed by atoms with Gasteiger partial charge in [-0.25, -0.2) is 4.79 Å². The van der Waals surface area contributed by atoms with Crippen molar-refractivity contribution >= 4 is 11.9 Å². The van der Waals surface area contributed by atoms with Crippen LogP contribution < -0.4 is 5.32 Å². The summed E-state index contributed by atoms with van der Waals surface area (Å²) in [5.74, 6) is -1.07. The molecule has 0 spiro atoms. The third kappa shape index (κ3) is 2.60. The van der Waals surface area contributed by atoms with E-state index >= 15 is 0 Å². The minimum atomic E-state index is -1.02. The predicted molar refractivity (Wildman–Crippen MR) is 68.8 cm³/mol. The zero-order valence-electron chi connectivity index (χ0n) is 11.4. The lowest BCUT2D eigenvalue weighted by Gasteiger charge is -2.37. The number of hydrogen-bond donors (Lipinski definition) is 2. The van der Waals surface area contributed by atoms with Crippen LogP contribution in [0.15, 0.2) is 0 Å². The molecule has 2 fully saturated rings. The van der Waals surface area contributed by atoms with Crippen molar-refractivity contribution < 1.29 is 19.4 Å². The molecule has 2 aliphatic heterocycles. The summed E-state index contributed by atoms with van der Waals surface area (Å²) in [7, 11) is 0. The van der Waals surface area contributed by atoms with E-state index in [0.29, 0.717) is 32.5 Å². The van der Waals surface area contributed by atoms with Crippen LogP contribution in [0.25, 0.3) is 0 Å². The van der Waals surface area contributed by atoms with Crippen LogP contribution in [0.2, 0.25) is 0 Å². The Balaban J connectivity index is 2.16. The maximum absolute atomic E-state index is 12.5. The number of rotatable bonds is 4. The summed E-state index contributed by atoms with van der Waals surface area (Å²) in [6, 6.07) is 0. The van der Waals surface area contributed by atoms with Gasteiger partial charge in [-0.05, 0) is 19.3 Å². The quantitative estimate of drug-likeness (QED) is 0.764. The number of aliphatic carboxylic acids is 1. The van der Waals surface area contributed by atoms with Crippen LogP contribution >= 0.6 is 0 Å². The second kappa shape index (κ2) is 5.88. The maximum atomic E-state index is 12.5. The number of ether oxygens (including phenoxy) is 1. The van der Waals surface area contributed by atoms with Crippen LogP contribution in [-0.2, 0) is 14.3 Å². The molecule has 6 heteroatoms. The first-order chi connectivity index (χ1) is 9.12. The fourth-order valence-corrected chi connectivity index (χ4v) is 3.10. The molecule has 0 aromatic carbocycles. The topological polar surface area (TPSA) is 78.9 Å². The fourth-order valence-electron chi connectivity index (χ4n) is 3.10. The number of hydrogen-bond acceptors (Lipinski definition) is 4. The van der Waals surface area contributed by atoms with Gasteiger partial charge in [-0.15, -0.1) is 0 Å². The highest BCUT2D eigenvalue weighted by atomic mass is 16.5. The molecule has 1 amide bonds. The van der Waals surface area contributed by atoms with Crippen molar-refractivity contribution in [2.24, 2.45) is 0 Å². The molecule has 0 bridgehead atoms. The first-order valence-electron chi connectivity index (χ1n) is 6.99. The van der Waals surface area contributed by atoms with E-state index in [-0.39, 0.29) is 5.91 Å². The van der Waals surface area contributed by atoms with Gasteiger partial charge in [-0.2, -0.15) is 0 Å². The Hall–Kier alpha value is -1.14. The van der Waals surface area contributed by atoms with Crippen molar-refractivity contribution in [1.82, 2.24) is 10.2 Å². The molecule has 2 saturated heterocycles. The van der Waals surface area contributed by atoms with Gasteiger partial charge in [0, 0.05) is 19.6 Å². The molecule has 6 nitrogen and oxygen atoms in total. The molecule has 2 N–H and O–H groups in total. The number of amides is 1. The van der Waals surface area contributed by atoms with Gasteiger partial charge in [-0.3, -0.25) is 4.79 Å². The Kier molecular flexibility index (Phi) is 4.42. The summed E-state index contributed by atoms with van der Waals surface area (Å²) < 4.78 is 5.46. The molecule has 0 aliphatic carbocycles. The zero-order valence-corrected chi connectivity index (χ0v) is 11.4. The Morgan fingerprint density at radius 1 is 1.53 bits per heavy atom. The van der Waals surface area contributed by atoms with Crippen LogP contribution in [0.5, 0.6) is 0 Å². The SMILES string of the molecule is CCCC1(C(=O)O)CCCN1C(=O)C1CNCCO1. The molecule has 108 valence electrons. The molecule has 0 saturated carbocycles. The van der Waals surface area contributed by atoms with E-state index in [0.717, 1.165) is 19.4 Å². The first kappa shape index (κ1) is 14.3. The third-order valence-electron chi connectivity index (χ3n) is 4.02. The Bertz CT molecular complexity index is 355. The van der Waals surface area contributed by atoms with Crippen LogP contribution in [0, 0.1) is 0 Å². The molecular formula is C13H22N2O4. The van der Waals surface area contributed by atoms with Gasteiger partial charge in [0.25, 0.3) is 5.91 Å². The largest absolute Gasteiger partial charge is 0.479 e. The number of carbonyl (C=O) groups is 2. The molecule has 2 unspecified atom stereocenters. The summed E-state index contributed by atoms with van der Waals surface area (Å²) in [5.41, 5.74) is -1.02. The number of nitrogens with one attached hydrogen (secondary N) is 1. The average molecular weight is 270 g/mol. The average Bonchev–Trinajstić information content (AvgIpc) is 2.84. The fraction of sp³-hybridized carbons (Fsp3) is 0.846. The summed E-state index contributed by atoms with van der Waals surface area (Å²) in [4.78, 5) is 25.7. The van der Waals surface area contributed by atoms with Gasteiger partial charge in [-0.1, -0.05) is 13.3 Å². The molecule has 2 rings (SSSR count). The van der Waals surface area contributed by atoms with E-state index in [2.05, 4.69) is 5.32 Å². The standard InChI is InChI=1S/C13H22N2O4/c1-2-4-13(12(17)18)5-3-7-15(13)11(16)10-9-14-6-8-19-10/h10,14H,2-9H2,1H3,(H,17,18). The second-order valence-electron chi connectivity index (χ2n) is 5.24. The highest BCUT2D eigenvalue weighted by Crippen LogP contribution is 2.34. The number of carboxylic acids is 1.